The molecule has 0 fully saturated rings. The Morgan fingerprint density at radius 3 is 2.71 bits per heavy atom. The van der Waals surface area contributed by atoms with Crippen molar-refractivity contribution in [2.75, 3.05) is 0 Å². The number of nitrogens with zero attached hydrogens (tertiary/aromatic N) is 2. The molecule has 0 saturated heterocycles. The van der Waals surface area contributed by atoms with Crippen LogP contribution in [0.1, 0.15) is 29.2 Å². The predicted octanol–water partition coefficient (Wildman–Crippen LogP) is 5.55. The van der Waals surface area contributed by atoms with E-state index in [-0.39, 0.29) is 12.3 Å². The molecule has 132 valence electrons. The molecule has 2 atom stereocenters. The Morgan fingerprint density at radius 1 is 1.38 bits per heavy atom. The van der Waals surface area contributed by atoms with E-state index in [4.69, 9.17) is 16.0 Å². The Kier molecular flexibility index (Phi) is 4.70. The lowest BCUT2D eigenvalue weighted by Gasteiger charge is -2.30. The zero-order chi connectivity index (χ0) is 17.7. The van der Waals surface area contributed by atoms with Crippen LogP contribution in [0.4, 0.5) is 13.2 Å². The van der Waals surface area contributed by atoms with E-state index in [2.05, 4.69) is 9.97 Å². The fourth-order valence-corrected chi connectivity index (χ4v) is 5.82. The van der Waals surface area contributed by atoms with Crippen LogP contribution < -0.4 is 0 Å². The van der Waals surface area contributed by atoms with Gasteiger partial charge in [-0.25, -0.2) is 9.97 Å². The summed E-state index contributed by atoms with van der Waals surface area (Å²) in [4.78, 5) is 10.0. The van der Waals surface area contributed by atoms with Crippen LogP contribution in [0.5, 0.6) is 0 Å². The second-order valence-corrected chi connectivity index (χ2v) is 12.9. The van der Waals surface area contributed by atoms with Gasteiger partial charge in [0, 0.05) is 4.88 Å². The molecule has 0 saturated carbocycles. The lowest BCUT2D eigenvalue weighted by atomic mass is 9.94. The molecule has 0 aliphatic heterocycles. The van der Waals surface area contributed by atoms with Gasteiger partial charge in [0.05, 0.1) is 5.39 Å². The summed E-state index contributed by atoms with van der Waals surface area (Å²) in [7, 11) is -2.31. The molecule has 9 heteroatoms. The van der Waals surface area contributed by atoms with Gasteiger partial charge in [0.15, 0.2) is 8.32 Å². The molecule has 0 amide bonds. The molecule has 0 radical (unpaired) electrons. The Bertz CT molecular complexity index is 759. The number of hydrogen-bond acceptors (Lipinski definition) is 4. The predicted molar refractivity (Wildman–Crippen MR) is 92.4 cm³/mol. The second-order valence-electron chi connectivity index (χ2n) is 7.02. The lowest BCUT2D eigenvalue weighted by molar-refractivity contribution is -0.200. The maximum absolute atomic E-state index is 13.4. The van der Waals surface area contributed by atoms with Gasteiger partial charge in [-0.05, 0) is 50.4 Å². The number of alkyl halides is 3. The molecule has 2 aromatic heterocycles. The summed E-state index contributed by atoms with van der Waals surface area (Å²) in [6.07, 6.45) is -3.34. The molecule has 1 unspecified atom stereocenters. The van der Waals surface area contributed by atoms with Gasteiger partial charge in [-0.15, -0.1) is 11.3 Å². The van der Waals surface area contributed by atoms with Crippen molar-refractivity contribution in [3.8, 4) is 0 Å². The standard InChI is InChI=1S/C15H18ClF3N2OSSi/c1-24(2,3)22-10(15(17,18)19)6-8-4-5-9-11(8)12-13(16)20-7-21-14(12)23-9/h7-8,10H,4-6H2,1-3H3/t8-,10?/m1/s1. The van der Waals surface area contributed by atoms with Gasteiger partial charge in [0.2, 0.25) is 0 Å². The molecule has 2 aromatic rings. The van der Waals surface area contributed by atoms with Gasteiger partial charge in [-0.3, -0.25) is 0 Å². The highest BCUT2D eigenvalue weighted by atomic mass is 35.5. The molecule has 0 N–H and O–H groups in total. The van der Waals surface area contributed by atoms with Crippen molar-refractivity contribution in [1.29, 1.82) is 0 Å². The molecule has 1 aliphatic rings. The van der Waals surface area contributed by atoms with Crippen LogP contribution in [0.25, 0.3) is 10.2 Å². The first kappa shape index (κ1) is 18.1. The highest BCUT2D eigenvalue weighted by Gasteiger charge is 2.45. The highest BCUT2D eigenvalue weighted by molar-refractivity contribution is 7.19. The summed E-state index contributed by atoms with van der Waals surface area (Å²) in [5, 5.41) is 1.04. The molecule has 2 heterocycles. The molecule has 3 nitrogen and oxygen atoms in total. The SMILES string of the molecule is C[Si](C)(C)OC(C[C@H]1CCc2sc3ncnc(Cl)c3c21)C(F)(F)F. The van der Waals surface area contributed by atoms with E-state index in [1.54, 1.807) is 19.6 Å². The third-order valence-corrected chi connectivity index (χ3v) is 6.49. The van der Waals surface area contributed by atoms with Crippen molar-refractivity contribution in [2.45, 2.75) is 57.1 Å². The van der Waals surface area contributed by atoms with Gasteiger partial charge in [-0.1, -0.05) is 11.6 Å². The van der Waals surface area contributed by atoms with Crippen molar-refractivity contribution >= 4 is 41.5 Å². The maximum atomic E-state index is 13.4. The Balaban J connectivity index is 1.94. The summed E-state index contributed by atoms with van der Waals surface area (Å²) >= 11 is 7.69. The number of aryl methyl sites for hydroxylation is 1. The number of halogens is 4. The van der Waals surface area contributed by atoms with E-state index >= 15 is 0 Å². The average molecular weight is 395 g/mol. The summed E-state index contributed by atoms with van der Waals surface area (Å²) in [6.45, 7) is 5.32. The Morgan fingerprint density at radius 2 is 2.08 bits per heavy atom. The first-order valence-corrected chi connectivity index (χ1v) is 12.3. The molecule has 24 heavy (non-hydrogen) atoms. The number of hydrogen-bond donors (Lipinski definition) is 0. The summed E-state index contributed by atoms with van der Waals surface area (Å²) in [5.74, 6) is -0.222. The summed E-state index contributed by atoms with van der Waals surface area (Å²) in [5.41, 5.74) is 0.897. The molecule has 0 bridgehead atoms. The molecular weight excluding hydrogens is 377 g/mol. The van der Waals surface area contributed by atoms with Crippen LogP contribution in [0.15, 0.2) is 6.33 Å². The van der Waals surface area contributed by atoms with Gasteiger partial charge < -0.3 is 4.43 Å². The van der Waals surface area contributed by atoms with E-state index in [0.29, 0.717) is 11.6 Å². The van der Waals surface area contributed by atoms with Crippen LogP contribution in [-0.2, 0) is 10.8 Å². The highest BCUT2D eigenvalue weighted by Crippen LogP contribution is 2.48. The van der Waals surface area contributed by atoms with Gasteiger partial charge in [-0.2, -0.15) is 13.2 Å². The first-order chi connectivity index (χ1) is 11.1. The zero-order valence-electron chi connectivity index (χ0n) is 13.6. The van der Waals surface area contributed by atoms with Crippen LogP contribution in [-0.4, -0.2) is 30.6 Å². The summed E-state index contributed by atoms with van der Waals surface area (Å²) in [6, 6.07) is 0. The van der Waals surface area contributed by atoms with Gasteiger partial charge in [0.1, 0.15) is 22.4 Å². The van der Waals surface area contributed by atoms with Crippen LogP contribution in [0.2, 0.25) is 24.8 Å². The number of fused-ring (bicyclic) bond motifs is 3. The van der Waals surface area contributed by atoms with Gasteiger partial charge >= 0.3 is 6.18 Å². The zero-order valence-corrected chi connectivity index (χ0v) is 16.1. The Hall–Kier alpha value is -0.703. The van der Waals surface area contributed by atoms with Gasteiger partial charge in [0.25, 0.3) is 0 Å². The first-order valence-electron chi connectivity index (χ1n) is 7.72. The van der Waals surface area contributed by atoms with Crippen LogP contribution >= 0.6 is 22.9 Å². The molecule has 0 spiro atoms. The van der Waals surface area contributed by atoms with E-state index < -0.39 is 20.6 Å². The monoisotopic (exact) mass is 394 g/mol. The minimum Gasteiger partial charge on any atom is -0.406 e. The Labute approximate surface area is 148 Å². The van der Waals surface area contributed by atoms with Crippen LogP contribution in [0, 0.1) is 0 Å². The number of rotatable bonds is 4. The topological polar surface area (TPSA) is 35.0 Å². The minimum absolute atomic E-state index is 0.0716. The fraction of sp³-hybridized carbons (Fsp3) is 0.600. The van der Waals surface area contributed by atoms with Crippen molar-refractivity contribution in [3.63, 3.8) is 0 Å². The third kappa shape index (κ3) is 3.61. The molecule has 3 rings (SSSR count). The van der Waals surface area contributed by atoms with E-state index in [0.717, 1.165) is 27.1 Å². The van der Waals surface area contributed by atoms with Crippen molar-refractivity contribution in [2.24, 2.45) is 0 Å². The smallest absolute Gasteiger partial charge is 0.406 e. The minimum atomic E-state index is -4.37. The normalized spacial score (nSPS) is 19.7. The van der Waals surface area contributed by atoms with E-state index in [1.807, 2.05) is 0 Å². The number of thiophene rings is 1. The second kappa shape index (κ2) is 6.23. The summed E-state index contributed by atoms with van der Waals surface area (Å²) < 4.78 is 45.8. The van der Waals surface area contributed by atoms with Crippen LogP contribution in [0.3, 0.4) is 0 Å². The third-order valence-electron chi connectivity index (χ3n) is 4.04. The fourth-order valence-electron chi connectivity index (χ4n) is 3.20. The van der Waals surface area contributed by atoms with Crippen molar-refractivity contribution in [1.82, 2.24) is 9.97 Å². The van der Waals surface area contributed by atoms with Crippen molar-refractivity contribution < 1.29 is 17.6 Å². The number of aromatic nitrogens is 2. The largest absolute Gasteiger partial charge is 0.413 e. The lowest BCUT2D eigenvalue weighted by Crippen LogP contribution is -2.41. The van der Waals surface area contributed by atoms with E-state index in [9.17, 15) is 13.2 Å². The maximum Gasteiger partial charge on any atom is 0.413 e. The molecule has 1 aliphatic carbocycles. The van der Waals surface area contributed by atoms with E-state index in [1.165, 1.54) is 17.7 Å². The quantitative estimate of drug-likeness (QED) is 0.504. The van der Waals surface area contributed by atoms with Crippen molar-refractivity contribution in [3.05, 3.63) is 21.9 Å². The average Bonchev–Trinajstić information content (AvgIpc) is 2.95. The molecular formula is C15H18ClF3N2OSSi. The molecule has 0 aromatic carbocycles.